The van der Waals surface area contributed by atoms with E-state index in [1.807, 2.05) is 18.3 Å². The van der Waals surface area contributed by atoms with Crippen molar-refractivity contribution in [2.45, 2.75) is 13.0 Å². The molecular weight excluding hydrogens is 176 g/mol. The Labute approximate surface area is 84.3 Å². The highest BCUT2D eigenvalue weighted by molar-refractivity contribution is 5.72. The van der Waals surface area contributed by atoms with E-state index in [0.717, 1.165) is 25.1 Å². The zero-order chi connectivity index (χ0) is 9.97. The Hall–Kier alpha value is -1.09. The fourth-order valence-electron chi connectivity index (χ4n) is 2.15. The molecule has 3 nitrogen and oxygen atoms in total. The molecule has 0 aromatic carbocycles. The first-order valence-electron chi connectivity index (χ1n) is 5.08. The number of hydrogen-bond donors (Lipinski definition) is 0. The number of rotatable bonds is 3. The maximum Gasteiger partial charge on any atom is 0.166 e. The summed E-state index contributed by atoms with van der Waals surface area (Å²) in [5.74, 6) is 0.700. The van der Waals surface area contributed by atoms with Crippen LogP contribution in [-0.2, 0) is 6.54 Å². The van der Waals surface area contributed by atoms with Crippen LogP contribution >= 0.6 is 0 Å². The third-order valence-corrected chi connectivity index (χ3v) is 2.93. The zero-order valence-corrected chi connectivity index (χ0v) is 8.52. The molecule has 0 aliphatic carbocycles. The average Bonchev–Trinajstić information content (AvgIpc) is 2.76. The van der Waals surface area contributed by atoms with Gasteiger partial charge in [-0.05, 0) is 38.1 Å². The minimum Gasteiger partial charge on any atom is -0.345 e. The standard InChI is InChI=1S/C11H16N2O/c1-12-6-4-10(7-12)8-13-5-2-3-11(13)9-14/h2-3,5,9-10H,4,6-8H2,1H3. The van der Waals surface area contributed by atoms with Gasteiger partial charge in [0.2, 0.25) is 0 Å². The second kappa shape index (κ2) is 3.96. The predicted molar refractivity (Wildman–Crippen MR) is 55.4 cm³/mol. The first-order chi connectivity index (χ1) is 6.79. The summed E-state index contributed by atoms with van der Waals surface area (Å²) in [5, 5.41) is 0. The maximum atomic E-state index is 10.7. The van der Waals surface area contributed by atoms with Crippen LogP contribution in [-0.4, -0.2) is 35.9 Å². The summed E-state index contributed by atoms with van der Waals surface area (Å²) in [7, 11) is 2.15. The molecule has 1 unspecified atom stereocenters. The lowest BCUT2D eigenvalue weighted by atomic mass is 10.1. The third-order valence-electron chi connectivity index (χ3n) is 2.93. The van der Waals surface area contributed by atoms with Crippen molar-refractivity contribution in [2.24, 2.45) is 5.92 Å². The van der Waals surface area contributed by atoms with Crippen molar-refractivity contribution >= 4 is 6.29 Å². The highest BCUT2D eigenvalue weighted by Crippen LogP contribution is 2.17. The second-order valence-corrected chi connectivity index (χ2v) is 4.12. The molecule has 0 radical (unpaired) electrons. The molecule has 0 saturated carbocycles. The van der Waals surface area contributed by atoms with E-state index in [0.29, 0.717) is 5.92 Å². The minimum absolute atomic E-state index is 0.700. The van der Waals surface area contributed by atoms with E-state index in [9.17, 15) is 4.79 Å². The highest BCUT2D eigenvalue weighted by Gasteiger charge is 2.19. The molecule has 0 bridgehead atoms. The van der Waals surface area contributed by atoms with Gasteiger partial charge in [-0.1, -0.05) is 0 Å². The lowest BCUT2D eigenvalue weighted by molar-refractivity contribution is 0.111. The molecule has 1 aromatic heterocycles. The SMILES string of the molecule is CN1CCC(Cn2cccc2C=O)C1. The zero-order valence-electron chi connectivity index (χ0n) is 8.52. The van der Waals surface area contributed by atoms with Crippen molar-refractivity contribution in [3.05, 3.63) is 24.0 Å². The lowest BCUT2D eigenvalue weighted by Crippen LogP contribution is -2.17. The normalized spacial score (nSPS) is 22.8. The molecule has 0 spiro atoms. The van der Waals surface area contributed by atoms with Crippen LogP contribution in [0.1, 0.15) is 16.9 Å². The Bertz CT molecular complexity index is 319. The second-order valence-electron chi connectivity index (χ2n) is 4.12. The summed E-state index contributed by atoms with van der Waals surface area (Å²) in [6.07, 6.45) is 4.16. The van der Waals surface area contributed by atoms with Crippen LogP contribution in [0.4, 0.5) is 0 Å². The highest BCUT2D eigenvalue weighted by atomic mass is 16.1. The van der Waals surface area contributed by atoms with Gasteiger partial charge in [0.05, 0.1) is 5.69 Å². The number of aromatic nitrogens is 1. The van der Waals surface area contributed by atoms with Crippen molar-refractivity contribution in [3.8, 4) is 0 Å². The van der Waals surface area contributed by atoms with Crippen molar-refractivity contribution in [2.75, 3.05) is 20.1 Å². The van der Waals surface area contributed by atoms with Crippen LogP contribution in [0.5, 0.6) is 0 Å². The Kier molecular flexibility index (Phi) is 2.68. The van der Waals surface area contributed by atoms with Crippen LogP contribution in [0.25, 0.3) is 0 Å². The molecular formula is C11H16N2O. The van der Waals surface area contributed by atoms with E-state index in [1.54, 1.807) is 0 Å². The van der Waals surface area contributed by atoms with Gasteiger partial charge in [0.1, 0.15) is 0 Å². The maximum absolute atomic E-state index is 10.7. The molecule has 1 aromatic rings. The number of carbonyl (C=O) groups is 1. The number of hydrogen-bond acceptors (Lipinski definition) is 2. The Morgan fingerprint density at radius 3 is 3.14 bits per heavy atom. The van der Waals surface area contributed by atoms with Crippen LogP contribution in [0.2, 0.25) is 0 Å². The monoisotopic (exact) mass is 192 g/mol. The number of likely N-dealkylation sites (tertiary alicyclic amines) is 1. The van der Waals surface area contributed by atoms with Crippen molar-refractivity contribution in [3.63, 3.8) is 0 Å². The van der Waals surface area contributed by atoms with Gasteiger partial charge in [0.15, 0.2) is 6.29 Å². The first-order valence-corrected chi connectivity index (χ1v) is 5.08. The Balaban J connectivity index is 2.00. The van der Waals surface area contributed by atoms with Gasteiger partial charge in [-0.3, -0.25) is 4.79 Å². The Morgan fingerprint density at radius 1 is 1.64 bits per heavy atom. The molecule has 14 heavy (non-hydrogen) atoms. The van der Waals surface area contributed by atoms with E-state index in [-0.39, 0.29) is 0 Å². The topological polar surface area (TPSA) is 25.2 Å². The van der Waals surface area contributed by atoms with Crippen LogP contribution in [0.3, 0.4) is 0 Å². The van der Waals surface area contributed by atoms with E-state index < -0.39 is 0 Å². The van der Waals surface area contributed by atoms with Crippen molar-refractivity contribution < 1.29 is 4.79 Å². The smallest absolute Gasteiger partial charge is 0.166 e. The lowest BCUT2D eigenvalue weighted by Gasteiger charge is -2.12. The molecule has 3 heteroatoms. The largest absolute Gasteiger partial charge is 0.345 e. The van der Waals surface area contributed by atoms with E-state index in [2.05, 4.69) is 16.5 Å². The van der Waals surface area contributed by atoms with E-state index in [1.165, 1.54) is 13.0 Å². The van der Waals surface area contributed by atoms with Crippen LogP contribution < -0.4 is 0 Å². The fraction of sp³-hybridized carbons (Fsp3) is 0.545. The quantitative estimate of drug-likeness (QED) is 0.673. The van der Waals surface area contributed by atoms with Gasteiger partial charge >= 0.3 is 0 Å². The number of aldehydes is 1. The summed E-state index contributed by atoms with van der Waals surface area (Å²) >= 11 is 0. The van der Waals surface area contributed by atoms with E-state index in [4.69, 9.17) is 0 Å². The number of nitrogens with zero attached hydrogens (tertiary/aromatic N) is 2. The van der Waals surface area contributed by atoms with Gasteiger partial charge < -0.3 is 9.47 Å². The molecule has 1 saturated heterocycles. The van der Waals surface area contributed by atoms with Crippen molar-refractivity contribution in [1.82, 2.24) is 9.47 Å². The summed E-state index contributed by atoms with van der Waals surface area (Å²) in [4.78, 5) is 13.0. The third kappa shape index (κ3) is 1.87. The summed E-state index contributed by atoms with van der Waals surface area (Å²) in [6, 6.07) is 3.80. The molecule has 1 aliphatic rings. The molecule has 76 valence electrons. The van der Waals surface area contributed by atoms with E-state index >= 15 is 0 Å². The summed E-state index contributed by atoms with van der Waals surface area (Å²) < 4.78 is 2.05. The predicted octanol–water partition coefficient (Wildman–Crippen LogP) is 1.25. The average molecular weight is 192 g/mol. The minimum atomic E-state index is 0.700. The molecule has 1 aliphatic heterocycles. The molecule has 1 fully saturated rings. The molecule has 0 amide bonds. The Morgan fingerprint density at radius 2 is 2.50 bits per heavy atom. The van der Waals surface area contributed by atoms with Gasteiger partial charge in [-0.2, -0.15) is 0 Å². The van der Waals surface area contributed by atoms with Crippen LogP contribution in [0, 0.1) is 5.92 Å². The summed E-state index contributed by atoms with van der Waals surface area (Å²) in [5.41, 5.74) is 0.791. The first kappa shape index (κ1) is 9.46. The van der Waals surface area contributed by atoms with Crippen molar-refractivity contribution in [1.29, 1.82) is 0 Å². The van der Waals surface area contributed by atoms with Gasteiger partial charge in [-0.25, -0.2) is 0 Å². The molecule has 2 heterocycles. The molecule has 1 atom stereocenters. The van der Waals surface area contributed by atoms with Gasteiger partial charge in [0, 0.05) is 19.3 Å². The van der Waals surface area contributed by atoms with Gasteiger partial charge in [-0.15, -0.1) is 0 Å². The summed E-state index contributed by atoms with van der Waals surface area (Å²) in [6.45, 7) is 3.31. The molecule has 0 N–H and O–H groups in total. The fourth-order valence-corrected chi connectivity index (χ4v) is 2.15. The number of carbonyl (C=O) groups excluding carboxylic acids is 1. The van der Waals surface area contributed by atoms with Gasteiger partial charge in [0.25, 0.3) is 0 Å². The molecule has 2 rings (SSSR count). The van der Waals surface area contributed by atoms with Crippen LogP contribution in [0.15, 0.2) is 18.3 Å².